The van der Waals surface area contributed by atoms with Crippen LogP contribution in [0.3, 0.4) is 0 Å². The highest BCUT2D eigenvalue weighted by Gasteiger charge is 2.80. The summed E-state index contributed by atoms with van der Waals surface area (Å²) in [6.45, 7) is 2.35. The minimum Gasteiger partial charge on any atom is -0.466 e. The van der Waals surface area contributed by atoms with Crippen molar-refractivity contribution in [3.63, 3.8) is 0 Å². The van der Waals surface area contributed by atoms with Gasteiger partial charge in [0.1, 0.15) is 0 Å². The average Bonchev–Trinajstić information content (AvgIpc) is 2.57. The van der Waals surface area contributed by atoms with Crippen molar-refractivity contribution >= 4 is 5.97 Å². The molecule has 3 fully saturated rings. The van der Waals surface area contributed by atoms with Crippen molar-refractivity contribution in [1.82, 2.24) is 0 Å². The van der Waals surface area contributed by atoms with Crippen molar-refractivity contribution in [2.45, 2.75) is 32.2 Å². The molecule has 0 heterocycles. The second-order valence-corrected chi connectivity index (χ2v) is 4.97. The van der Waals surface area contributed by atoms with E-state index in [1.807, 2.05) is 6.92 Å². The summed E-state index contributed by atoms with van der Waals surface area (Å²) in [6, 6.07) is 0.0732. The highest BCUT2D eigenvalue weighted by molar-refractivity contribution is 5.84. The van der Waals surface area contributed by atoms with Gasteiger partial charge in [0.15, 0.2) is 0 Å². The lowest BCUT2D eigenvalue weighted by Crippen LogP contribution is -2.38. The molecule has 5 atom stereocenters. The molecular weight excluding hydrogens is 178 g/mol. The van der Waals surface area contributed by atoms with Gasteiger partial charge < -0.3 is 10.5 Å². The number of hydrogen-bond donors (Lipinski definition) is 1. The summed E-state index contributed by atoms with van der Waals surface area (Å²) < 4.78 is 5.17. The van der Waals surface area contributed by atoms with E-state index in [0.29, 0.717) is 18.4 Å². The van der Waals surface area contributed by atoms with E-state index in [2.05, 4.69) is 0 Å². The number of ether oxygens (including phenoxy) is 1. The minimum absolute atomic E-state index is 0.00954. The monoisotopic (exact) mass is 195 g/mol. The van der Waals surface area contributed by atoms with Gasteiger partial charge in [0, 0.05) is 6.04 Å². The average molecular weight is 195 g/mol. The van der Waals surface area contributed by atoms with Crippen LogP contribution in [0.4, 0.5) is 0 Å². The third-order valence-corrected chi connectivity index (χ3v) is 4.65. The summed E-state index contributed by atoms with van der Waals surface area (Å²) in [4.78, 5) is 11.9. The molecular formula is C11H17NO2. The van der Waals surface area contributed by atoms with Crippen LogP contribution in [0.25, 0.3) is 0 Å². The van der Waals surface area contributed by atoms with E-state index in [-0.39, 0.29) is 17.4 Å². The number of rotatable bonds is 2. The van der Waals surface area contributed by atoms with E-state index < -0.39 is 0 Å². The van der Waals surface area contributed by atoms with Gasteiger partial charge in [-0.15, -0.1) is 0 Å². The minimum atomic E-state index is -0.237. The zero-order valence-electron chi connectivity index (χ0n) is 8.53. The molecule has 0 aromatic heterocycles. The smallest absolute Gasteiger partial charge is 0.314 e. The van der Waals surface area contributed by atoms with E-state index >= 15 is 0 Å². The number of nitrogens with two attached hydrogens (primary N) is 1. The fourth-order valence-corrected chi connectivity index (χ4v) is 4.22. The molecule has 3 heteroatoms. The Morgan fingerprint density at radius 2 is 2.36 bits per heavy atom. The van der Waals surface area contributed by atoms with Crippen LogP contribution in [-0.2, 0) is 9.53 Å². The van der Waals surface area contributed by atoms with Crippen LogP contribution in [0.15, 0.2) is 0 Å². The largest absolute Gasteiger partial charge is 0.466 e. The highest BCUT2D eigenvalue weighted by Crippen LogP contribution is 2.76. The Balaban J connectivity index is 1.88. The molecule has 2 N–H and O–H groups in total. The maximum Gasteiger partial charge on any atom is 0.314 e. The number of esters is 1. The van der Waals surface area contributed by atoms with Gasteiger partial charge in [-0.1, -0.05) is 0 Å². The van der Waals surface area contributed by atoms with Crippen molar-refractivity contribution < 1.29 is 9.53 Å². The maximum atomic E-state index is 11.9. The topological polar surface area (TPSA) is 52.3 Å². The molecule has 0 aliphatic heterocycles. The molecule has 0 bridgehead atoms. The van der Waals surface area contributed by atoms with Crippen molar-refractivity contribution in [3.8, 4) is 0 Å². The first-order chi connectivity index (χ1) is 6.72. The summed E-state index contributed by atoms with van der Waals surface area (Å²) in [6.07, 6.45) is 3.52. The zero-order valence-corrected chi connectivity index (χ0v) is 8.53. The predicted octanol–water partition coefficient (Wildman–Crippen LogP) is 0.923. The van der Waals surface area contributed by atoms with Crippen molar-refractivity contribution in [1.29, 1.82) is 0 Å². The van der Waals surface area contributed by atoms with Crippen LogP contribution < -0.4 is 5.73 Å². The van der Waals surface area contributed by atoms with E-state index in [1.165, 1.54) is 12.8 Å². The van der Waals surface area contributed by atoms with Gasteiger partial charge >= 0.3 is 5.97 Å². The van der Waals surface area contributed by atoms with Crippen LogP contribution in [-0.4, -0.2) is 18.6 Å². The van der Waals surface area contributed by atoms with Crippen LogP contribution in [0.1, 0.15) is 26.2 Å². The Kier molecular flexibility index (Phi) is 1.56. The number of hydrogen-bond acceptors (Lipinski definition) is 3. The van der Waals surface area contributed by atoms with E-state index in [1.54, 1.807) is 0 Å². The fraction of sp³-hybridized carbons (Fsp3) is 0.909. The Hall–Kier alpha value is -0.570. The third kappa shape index (κ3) is 0.724. The second-order valence-electron chi connectivity index (χ2n) is 4.97. The second kappa shape index (κ2) is 2.51. The lowest BCUT2D eigenvalue weighted by Gasteiger charge is -2.18. The Labute approximate surface area is 84.0 Å². The summed E-state index contributed by atoms with van der Waals surface area (Å²) in [5.41, 5.74) is 5.87. The highest BCUT2D eigenvalue weighted by atomic mass is 16.5. The van der Waals surface area contributed by atoms with Crippen molar-refractivity contribution in [2.75, 3.05) is 6.61 Å². The molecule has 0 aromatic carbocycles. The first-order valence-corrected chi connectivity index (χ1v) is 5.65. The first-order valence-electron chi connectivity index (χ1n) is 5.65. The normalized spacial score (nSPS) is 53.0. The molecule has 3 aliphatic rings. The van der Waals surface area contributed by atoms with Gasteiger partial charge in [-0.05, 0) is 43.9 Å². The molecule has 0 radical (unpaired) electrons. The summed E-state index contributed by atoms with van der Waals surface area (Å²) in [5.74, 6) is 1.86. The SMILES string of the molecule is CCOC(=O)[C@]12C3[C@@H](CC[C@H]31)C[C@@H]2N. The summed E-state index contributed by atoms with van der Waals surface area (Å²) >= 11 is 0. The van der Waals surface area contributed by atoms with Crippen molar-refractivity contribution in [2.24, 2.45) is 28.9 Å². The van der Waals surface area contributed by atoms with E-state index in [0.717, 1.165) is 12.3 Å². The van der Waals surface area contributed by atoms with Crippen LogP contribution in [0.2, 0.25) is 0 Å². The van der Waals surface area contributed by atoms with E-state index in [9.17, 15) is 4.79 Å². The van der Waals surface area contributed by atoms with E-state index in [4.69, 9.17) is 10.5 Å². The molecule has 0 spiro atoms. The third-order valence-electron chi connectivity index (χ3n) is 4.65. The first kappa shape index (κ1) is 8.72. The van der Waals surface area contributed by atoms with Crippen LogP contribution >= 0.6 is 0 Å². The van der Waals surface area contributed by atoms with Crippen LogP contribution in [0.5, 0.6) is 0 Å². The van der Waals surface area contributed by atoms with Gasteiger partial charge in [-0.25, -0.2) is 0 Å². The number of carbonyl (C=O) groups excluding carboxylic acids is 1. The van der Waals surface area contributed by atoms with Gasteiger partial charge in [0.2, 0.25) is 0 Å². The Bertz CT molecular complexity index is 287. The maximum absolute atomic E-state index is 11.9. The molecule has 78 valence electrons. The number of fused-ring (bicyclic) bond motifs is 1. The lowest BCUT2D eigenvalue weighted by molar-refractivity contribution is -0.151. The molecule has 3 saturated carbocycles. The Morgan fingerprint density at radius 1 is 1.57 bits per heavy atom. The molecule has 0 aromatic rings. The lowest BCUT2D eigenvalue weighted by atomic mass is 9.94. The standard InChI is InChI=1S/C11H17NO2/c1-2-14-10(13)11-7-4-3-6(9(7)11)5-8(11)12/h6-9H,2-5,12H2,1H3/t6-,7+,8-,9?,11+/m0/s1. The zero-order chi connectivity index (χ0) is 9.92. The molecule has 3 rings (SSSR count). The predicted molar refractivity (Wildman–Crippen MR) is 51.4 cm³/mol. The quantitative estimate of drug-likeness (QED) is 0.667. The number of carbonyl (C=O) groups is 1. The van der Waals surface area contributed by atoms with Gasteiger partial charge in [0.25, 0.3) is 0 Å². The molecule has 0 saturated heterocycles. The van der Waals surface area contributed by atoms with Crippen molar-refractivity contribution in [3.05, 3.63) is 0 Å². The summed E-state index contributed by atoms with van der Waals surface area (Å²) in [7, 11) is 0. The van der Waals surface area contributed by atoms with Crippen LogP contribution in [0, 0.1) is 23.2 Å². The molecule has 1 unspecified atom stereocenters. The summed E-state index contributed by atoms with van der Waals surface area (Å²) in [5, 5.41) is 0. The molecule has 3 nitrogen and oxygen atoms in total. The molecule has 14 heavy (non-hydrogen) atoms. The van der Waals surface area contributed by atoms with Gasteiger partial charge in [0.05, 0.1) is 12.0 Å². The molecule has 3 aliphatic carbocycles. The fourth-order valence-electron chi connectivity index (χ4n) is 4.22. The van der Waals surface area contributed by atoms with Gasteiger partial charge in [-0.2, -0.15) is 0 Å². The molecule has 0 amide bonds. The Morgan fingerprint density at radius 3 is 3.00 bits per heavy atom. The van der Waals surface area contributed by atoms with Gasteiger partial charge in [-0.3, -0.25) is 4.79 Å².